The van der Waals surface area contributed by atoms with Crippen LogP contribution in [0.3, 0.4) is 0 Å². The lowest BCUT2D eigenvalue weighted by atomic mass is 10.2. The van der Waals surface area contributed by atoms with Gasteiger partial charge in [-0.2, -0.15) is 13.2 Å². The summed E-state index contributed by atoms with van der Waals surface area (Å²) >= 11 is 3.01. The third-order valence-corrected chi connectivity index (χ3v) is 3.46. The zero-order valence-electron chi connectivity index (χ0n) is 10.2. The predicted octanol–water partition coefficient (Wildman–Crippen LogP) is 2.39. The van der Waals surface area contributed by atoms with Crippen LogP contribution in [0.25, 0.3) is 0 Å². The van der Waals surface area contributed by atoms with Crippen LogP contribution < -0.4 is 0 Å². The van der Waals surface area contributed by atoms with Gasteiger partial charge < -0.3 is 9.64 Å². The molecule has 1 unspecified atom stereocenters. The van der Waals surface area contributed by atoms with E-state index in [1.165, 1.54) is 6.20 Å². The van der Waals surface area contributed by atoms with Gasteiger partial charge in [-0.1, -0.05) is 15.9 Å². The Balaban J connectivity index is 2.32. The third kappa shape index (κ3) is 3.43. The quantitative estimate of drug-likeness (QED) is 0.775. The molecule has 1 fully saturated rings. The molecular weight excluding hydrogens is 327 g/mol. The predicted molar refractivity (Wildman–Crippen MR) is 65.9 cm³/mol. The number of ether oxygens (including phenoxy) is 1. The van der Waals surface area contributed by atoms with Crippen LogP contribution >= 0.6 is 15.9 Å². The van der Waals surface area contributed by atoms with Gasteiger partial charge in [-0.15, -0.1) is 0 Å². The number of aromatic nitrogens is 2. The van der Waals surface area contributed by atoms with E-state index in [0.29, 0.717) is 13.2 Å². The molecule has 1 aliphatic rings. The largest absolute Gasteiger partial charge is 0.433 e. The monoisotopic (exact) mass is 339 g/mol. The van der Waals surface area contributed by atoms with Crippen LogP contribution in [-0.4, -0.2) is 41.6 Å². The molecule has 0 spiro atoms. The van der Waals surface area contributed by atoms with Gasteiger partial charge in [0.25, 0.3) is 0 Å². The average Bonchev–Trinajstić information content (AvgIpc) is 2.37. The summed E-state index contributed by atoms with van der Waals surface area (Å²) in [6.45, 7) is 1.71. The highest BCUT2D eigenvalue weighted by molar-refractivity contribution is 9.08. The molecule has 106 valence electrons. The van der Waals surface area contributed by atoms with Gasteiger partial charge >= 0.3 is 6.18 Å². The minimum Gasteiger partial charge on any atom is -0.368 e. The Hall–Kier alpha value is -0.730. The van der Waals surface area contributed by atoms with Gasteiger partial charge in [0.15, 0.2) is 11.5 Å². The molecule has 2 rings (SSSR count). The summed E-state index contributed by atoms with van der Waals surface area (Å²) in [5.41, 5.74) is -0.869. The molecule has 0 bridgehead atoms. The molecule has 1 saturated heterocycles. The SMILES string of the molecule is CN1CCOC(c2ncc(CBr)c(C(F)(F)F)n2)C1. The number of rotatable bonds is 2. The second kappa shape index (κ2) is 5.72. The smallest absolute Gasteiger partial charge is 0.368 e. The molecule has 0 radical (unpaired) electrons. The van der Waals surface area contributed by atoms with Crippen LogP contribution in [0, 0.1) is 0 Å². The van der Waals surface area contributed by atoms with Crippen LogP contribution in [0.2, 0.25) is 0 Å². The Morgan fingerprint density at radius 2 is 2.26 bits per heavy atom. The van der Waals surface area contributed by atoms with E-state index < -0.39 is 18.0 Å². The standard InChI is InChI=1S/C11H13BrF3N3O/c1-18-2-3-19-8(6-18)10-16-5-7(4-12)9(17-10)11(13,14)15/h5,8H,2-4,6H2,1H3. The fourth-order valence-corrected chi connectivity index (χ4v) is 2.26. The summed E-state index contributed by atoms with van der Waals surface area (Å²) in [6.07, 6.45) is -3.79. The number of nitrogens with zero attached hydrogens (tertiary/aromatic N) is 3. The summed E-state index contributed by atoms with van der Waals surface area (Å²) in [6, 6.07) is 0. The van der Waals surface area contributed by atoms with Crippen molar-refractivity contribution < 1.29 is 17.9 Å². The minimum atomic E-state index is -4.48. The minimum absolute atomic E-state index is 0.0282. The van der Waals surface area contributed by atoms with Crippen LogP contribution in [0.4, 0.5) is 13.2 Å². The first-order chi connectivity index (χ1) is 8.91. The highest BCUT2D eigenvalue weighted by atomic mass is 79.9. The van der Waals surface area contributed by atoms with Crippen molar-refractivity contribution in [2.45, 2.75) is 17.6 Å². The van der Waals surface area contributed by atoms with Crippen LogP contribution in [-0.2, 0) is 16.2 Å². The highest BCUT2D eigenvalue weighted by Crippen LogP contribution is 2.32. The number of likely N-dealkylation sites (N-methyl/N-ethyl adjacent to an activating group) is 1. The van der Waals surface area contributed by atoms with Crippen molar-refractivity contribution in [2.24, 2.45) is 0 Å². The average molecular weight is 340 g/mol. The summed E-state index contributed by atoms with van der Waals surface area (Å²) < 4.78 is 44.1. The number of morpholine rings is 1. The molecule has 0 aromatic carbocycles. The maximum Gasteiger partial charge on any atom is 0.433 e. The van der Waals surface area contributed by atoms with Crippen molar-refractivity contribution in [1.29, 1.82) is 0 Å². The number of hydrogen-bond acceptors (Lipinski definition) is 4. The lowest BCUT2D eigenvalue weighted by Crippen LogP contribution is -2.36. The van der Waals surface area contributed by atoms with Crippen molar-refractivity contribution in [3.8, 4) is 0 Å². The van der Waals surface area contributed by atoms with Gasteiger partial charge in [0.1, 0.15) is 6.10 Å². The van der Waals surface area contributed by atoms with E-state index in [9.17, 15) is 13.2 Å². The lowest BCUT2D eigenvalue weighted by molar-refractivity contribution is -0.142. The molecule has 0 amide bonds. The van der Waals surface area contributed by atoms with E-state index >= 15 is 0 Å². The zero-order chi connectivity index (χ0) is 14.0. The molecule has 19 heavy (non-hydrogen) atoms. The Kier molecular flexibility index (Phi) is 4.42. The summed E-state index contributed by atoms with van der Waals surface area (Å²) in [5.74, 6) is 0.0866. The van der Waals surface area contributed by atoms with Gasteiger partial charge in [-0.25, -0.2) is 9.97 Å². The van der Waals surface area contributed by atoms with Crippen molar-refractivity contribution in [1.82, 2.24) is 14.9 Å². The first-order valence-corrected chi connectivity index (χ1v) is 6.83. The van der Waals surface area contributed by atoms with Crippen LogP contribution in [0.1, 0.15) is 23.2 Å². The normalized spacial score (nSPS) is 21.6. The van der Waals surface area contributed by atoms with Gasteiger partial charge in [-0.05, 0) is 7.05 Å². The van der Waals surface area contributed by atoms with Crippen LogP contribution in [0.15, 0.2) is 6.20 Å². The zero-order valence-corrected chi connectivity index (χ0v) is 11.8. The first kappa shape index (κ1) is 14.7. The van der Waals surface area contributed by atoms with Gasteiger partial charge in [0.05, 0.1) is 6.61 Å². The molecule has 2 heterocycles. The summed E-state index contributed by atoms with van der Waals surface area (Å²) in [4.78, 5) is 9.62. The molecule has 0 aliphatic carbocycles. The molecule has 1 aliphatic heterocycles. The van der Waals surface area contributed by atoms with E-state index in [1.54, 1.807) is 0 Å². The molecule has 4 nitrogen and oxygen atoms in total. The summed E-state index contributed by atoms with van der Waals surface area (Å²) in [5, 5.41) is 0.0630. The second-order valence-electron chi connectivity index (χ2n) is 4.36. The molecule has 0 saturated carbocycles. The number of halogens is 4. The number of alkyl halides is 4. The Morgan fingerprint density at radius 1 is 1.53 bits per heavy atom. The first-order valence-electron chi connectivity index (χ1n) is 5.71. The lowest BCUT2D eigenvalue weighted by Gasteiger charge is -2.29. The second-order valence-corrected chi connectivity index (χ2v) is 4.92. The Bertz CT molecular complexity index is 455. The highest BCUT2D eigenvalue weighted by Gasteiger charge is 2.36. The maximum atomic E-state index is 12.9. The van der Waals surface area contributed by atoms with Crippen molar-refractivity contribution in [3.63, 3.8) is 0 Å². The van der Waals surface area contributed by atoms with E-state index in [1.807, 2.05) is 11.9 Å². The topological polar surface area (TPSA) is 38.2 Å². The third-order valence-electron chi connectivity index (χ3n) is 2.85. The van der Waals surface area contributed by atoms with Gasteiger partial charge in [-0.3, -0.25) is 0 Å². The molecule has 0 N–H and O–H groups in total. The van der Waals surface area contributed by atoms with E-state index in [4.69, 9.17) is 4.74 Å². The molecule has 1 atom stereocenters. The van der Waals surface area contributed by atoms with Crippen molar-refractivity contribution in [3.05, 3.63) is 23.3 Å². The van der Waals surface area contributed by atoms with Crippen molar-refractivity contribution in [2.75, 3.05) is 26.7 Å². The van der Waals surface area contributed by atoms with Gasteiger partial charge in [0.2, 0.25) is 0 Å². The maximum absolute atomic E-state index is 12.9. The molecular formula is C11H13BrF3N3O. The Labute approximate surface area is 117 Å². The fraction of sp³-hybridized carbons (Fsp3) is 0.636. The van der Waals surface area contributed by atoms with Gasteiger partial charge in [0, 0.05) is 30.2 Å². The van der Waals surface area contributed by atoms with E-state index in [-0.39, 0.29) is 16.7 Å². The Morgan fingerprint density at radius 3 is 2.84 bits per heavy atom. The molecule has 1 aromatic heterocycles. The van der Waals surface area contributed by atoms with E-state index in [0.717, 1.165) is 6.54 Å². The molecule has 8 heteroatoms. The summed E-state index contributed by atoms with van der Waals surface area (Å²) in [7, 11) is 1.88. The van der Waals surface area contributed by atoms with Crippen molar-refractivity contribution >= 4 is 15.9 Å². The van der Waals surface area contributed by atoms with E-state index in [2.05, 4.69) is 25.9 Å². The number of hydrogen-bond donors (Lipinski definition) is 0. The molecule has 1 aromatic rings. The van der Waals surface area contributed by atoms with Crippen LogP contribution in [0.5, 0.6) is 0 Å². The fourth-order valence-electron chi connectivity index (χ4n) is 1.85.